The number of carbonyl (C=O) groups excluding carboxylic acids is 3. The second kappa shape index (κ2) is 9.89. The number of rotatable bonds is 8. The number of thiazole rings is 2. The third-order valence-corrected chi connectivity index (χ3v) is 5.47. The van der Waals surface area contributed by atoms with E-state index in [1.165, 1.54) is 34.9 Å². The van der Waals surface area contributed by atoms with E-state index in [4.69, 9.17) is 0 Å². The lowest BCUT2D eigenvalue weighted by Crippen LogP contribution is -2.22. The van der Waals surface area contributed by atoms with Crippen molar-refractivity contribution in [1.82, 2.24) is 20.3 Å². The fourth-order valence-corrected chi connectivity index (χ4v) is 3.83. The van der Waals surface area contributed by atoms with Crippen molar-refractivity contribution in [2.75, 3.05) is 17.7 Å². The van der Waals surface area contributed by atoms with Crippen LogP contribution in [0.3, 0.4) is 0 Å². The van der Waals surface area contributed by atoms with Gasteiger partial charge in [0.25, 0.3) is 11.5 Å². The molecule has 3 rings (SSSR count). The van der Waals surface area contributed by atoms with Gasteiger partial charge < -0.3 is 15.6 Å². The first kappa shape index (κ1) is 21.3. The number of nitrogens with one attached hydrogen (secondary N) is 4. The molecule has 3 aromatic heterocycles. The number of anilines is 2. The minimum atomic E-state index is -0.549. The molecule has 0 radical (unpaired) electrons. The molecule has 3 heterocycles. The van der Waals surface area contributed by atoms with Gasteiger partial charge in [-0.2, -0.15) is 0 Å². The number of aryl methyl sites for hydroxylation is 1. The predicted molar refractivity (Wildman–Crippen MR) is 114 cm³/mol. The molecule has 0 saturated heterocycles. The minimum absolute atomic E-state index is 0.00661. The Hall–Kier alpha value is -3.38. The van der Waals surface area contributed by atoms with Gasteiger partial charge in [0.1, 0.15) is 5.56 Å². The van der Waals surface area contributed by atoms with Gasteiger partial charge in [-0.15, -0.1) is 22.7 Å². The van der Waals surface area contributed by atoms with E-state index < -0.39 is 11.5 Å². The zero-order chi connectivity index (χ0) is 21.5. The third-order valence-electron chi connectivity index (χ3n) is 3.86. The van der Waals surface area contributed by atoms with Gasteiger partial charge in [-0.3, -0.25) is 24.5 Å². The first-order valence-corrected chi connectivity index (χ1v) is 10.6. The second-order valence-electron chi connectivity index (χ2n) is 6.05. The van der Waals surface area contributed by atoms with Crippen LogP contribution in [0.5, 0.6) is 0 Å². The van der Waals surface area contributed by atoms with Gasteiger partial charge in [-0.05, 0) is 18.6 Å². The van der Waals surface area contributed by atoms with Crippen LogP contribution >= 0.6 is 22.7 Å². The zero-order valence-electron chi connectivity index (χ0n) is 15.9. The maximum atomic E-state index is 12.1. The number of pyridine rings is 1. The Labute approximate surface area is 178 Å². The lowest BCUT2D eigenvalue weighted by Gasteiger charge is -2.01. The van der Waals surface area contributed by atoms with E-state index >= 15 is 0 Å². The molecule has 0 unspecified atom stereocenters. The Morgan fingerprint density at radius 2 is 1.73 bits per heavy atom. The summed E-state index contributed by atoms with van der Waals surface area (Å²) in [7, 11) is 1.55. The first-order valence-electron chi connectivity index (χ1n) is 8.83. The van der Waals surface area contributed by atoms with Crippen LogP contribution in [-0.4, -0.2) is 39.7 Å². The maximum Gasteiger partial charge on any atom is 0.263 e. The van der Waals surface area contributed by atoms with Crippen molar-refractivity contribution in [3.8, 4) is 0 Å². The Morgan fingerprint density at radius 3 is 2.47 bits per heavy atom. The summed E-state index contributed by atoms with van der Waals surface area (Å²) in [6.07, 6.45) is 2.16. The van der Waals surface area contributed by atoms with Crippen LogP contribution < -0.4 is 21.5 Å². The van der Waals surface area contributed by atoms with E-state index in [2.05, 4.69) is 30.9 Å². The van der Waals surface area contributed by atoms with Crippen LogP contribution in [0.2, 0.25) is 0 Å². The van der Waals surface area contributed by atoms with E-state index in [1.54, 1.807) is 23.9 Å². The summed E-state index contributed by atoms with van der Waals surface area (Å²) in [5.41, 5.74) is 0.746. The SMILES string of the molecule is CNC(=O)Cc1csc(NC(=O)CCc2csc(NC(=O)c3ccc[nH]c3=O)n2)n1. The van der Waals surface area contributed by atoms with Gasteiger partial charge in [0.05, 0.1) is 17.8 Å². The van der Waals surface area contributed by atoms with Gasteiger partial charge in [-0.25, -0.2) is 9.97 Å². The Kier molecular flexibility index (Phi) is 7.03. The average Bonchev–Trinajstić information content (AvgIpc) is 3.35. The molecule has 0 aromatic carbocycles. The maximum absolute atomic E-state index is 12.1. The number of likely N-dealkylation sites (N-methyl/N-ethyl adjacent to an activating group) is 1. The summed E-state index contributed by atoms with van der Waals surface area (Å²) in [5.74, 6) is -0.932. The smallest absolute Gasteiger partial charge is 0.263 e. The number of hydrogen-bond acceptors (Lipinski definition) is 8. The summed E-state index contributed by atoms with van der Waals surface area (Å²) in [6.45, 7) is 0. The summed E-state index contributed by atoms with van der Waals surface area (Å²) < 4.78 is 0. The van der Waals surface area contributed by atoms with Crippen molar-refractivity contribution in [3.05, 3.63) is 56.4 Å². The Balaban J connectivity index is 1.48. The van der Waals surface area contributed by atoms with Crippen molar-refractivity contribution in [3.63, 3.8) is 0 Å². The molecule has 0 fully saturated rings. The molecule has 30 heavy (non-hydrogen) atoms. The lowest BCUT2D eigenvalue weighted by molar-refractivity contribution is -0.120. The molecule has 0 saturated carbocycles. The molecule has 3 amide bonds. The van der Waals surface area contributed by atoms with Gasteiger partial charge in [0.2, 0.25) is 11.8 Å². The Bertz CT molecular complexity index is 1120. The molecule has 0 spiro atoms. The molecule has 10 nitrogen and oxygen atoms in total. The summed E-state index contributed by atoms with van der Waals surface area (Å²) in [5, 5.41) is 12.0. The van der Waals surface area contributed by atoms with Crippen LogP contribution in [0.1, 0.15) is 28.2 Å². The quantitative estimate of drug-likeness (QED) is 0.411. The number of nitrogens with zero attached hydrogens (tertiary/aromatic N) is 2. The zero-order valence-corrected chi connectivity index (χ0v) is 17.5. The highest BCUT2D eigenvalue weighted by Gasteiger charge is 2.13. The number of carbonyl (C=O) groups is 3. The molecule has 156 valence electrons. The first-order chi connectivity index (χ1) is 14.4. The molecule has 0 aliphatic carbocycles. The normalized spacial score (nSPS) is 10.4. The highest BCUT2D eigenvalue weighted by molar-refractivity contribution is 7.14. The number of hydrogen-bond donors (Lipinski definition) is 4. The monoisotopic (exact) mass is 446 g/mol. The van der Waals surface area contributed by atoms with Crippen LogP contribution in [0, 0.1) is 0 Å². The second-order valence-corrected chi connectivity index (χ2v) is 7.77. The van der Waals surface area contributed by atoms with Crippen LogP contribution in [0.15, 0.2) is 33.9 Å². The van der Waals surface area contributed by atoms with Crippen molar-refractivity contribution in [1.29, 1.82) is 0 Å². The molecule has 0 aliphatic rings. The summed E-state index contributed by atoms with van der Waals surface area (Å²) in [4.78, 5) is 58.2. The van der Waals surface area contributed by atoms with E-state index in [9.17, 15) is 19.2 Å². The van der Waals surface area contributed by atoms with Gasteiger partial charge in [-0.1, -0.05) is 0 Å². The molecule has 4 N–H and O–H groups in total. The molecule has 0 bridgehead atoms. The van der Waals surface area contributed by atoms with Gasteiger partial charge >= 0.3 is 0 Å². The fourth-order valence-electron chi connectivity index (χ4n) is 2.37. The van der Waals surface area contributed by atoms with Crippen LogP contribution in [-0.2, 0) is 22.4 Å². The van der Waals surface area contributed by atoms with Crippen molar-refractivity contribution < 1.29 is 14.4 Å². The van der Waals surface area contributed by atoms with Crippen molar-refractivity contribution >= 4 is 50.7 Å². The molecular formula is C18H18N6O4S2. The summed E-state index contributed by atoms with van der Waals surface area (Å²) in [6, 6.07) is 2.98. The third kappa shape index (κ3) is 5.81. The van der Waals surface area contributed by atoms with E-state index in [0.29, 0.717) is 28.1 Å². The minimum Gasteiger partial charge on any atom is -0.359 e. The van der Waals surface area contributed by atoms with Crippen LogP contribution in [0.25, 0.3) is 0 Å². The van der Waals surface area contributed by atoms with Crippen molar-refractivity contribution in [2.24, 2.45) is 0 Å². The van der Waals surface area contributed by atoms with Crippen molar-refractivity contribution in [2.45, 2.75) is 19.3 Å². The molecule has 12 heteroatoms. The number of amides is 3. The molecular weight excluding hydrogens is 428 g/mol. The standard InChI is InChI=1S/C18H18N6O4S2/c1-19-14(26)7-11-9-30-17(22-11)23-13(25)5-4-10-8-29-18(21-10)24-16(28)12-3-2-6-20-15(12)27/h2-3,6,8-9H,4-5,7H2,1H3,(H,19,26)(H,20,27)(H,21,24,28)(H,22,23,25). The molecule has 3 aromatic rings. The molecule has 0 atom stereocenters. The van der Waals surface area contributed by atoms with Gasteiger partial charge in [0, 0.05) is 30.4 Å². The highest BCUT2D eigenvalue weighted by Crippen LogP contribution is 2.19. The number of aromatic nitrogens is 3. The van der Waals surface area contributed by atoms with Gasteiger partial charge in [0.15, 0.2) is 10.3 Å². The summed E-state index contributed by atoms with van der Waals surface area (Å²) >= 11 is 2.46. The van der Waals surface area contributed by atoms with E-state index in [1.807, 2.05) is 0 Å². The largest absolute Gasteiger partial charge is 0.359 e. The predicted octanol–water partition coefficient (Wildman–Crippen LogP) is 1.40. The number of H-pyrrole nitrogens is 1. The highest BCUT2D eigenvalue weighted by atomic mass is 32.1. The Morgan fingerprint density at radius 1 is 1.03 bits per heavy atom. The van der Waals surface area contributed by atoms with E-state index in [0.717, 1.165) is 0 Å². The molecule has 0 aliphatic heterocycles. The van der Waals surface area contributed by atoms with Crippen LogP contribution in [0.4, 0.5) is 10.3 Å². The van der Waals surface area contributed by atoms with E-state index in [-0.39, 0.29) is 30.2 Å². The number of aromatic amines is 1. The average molecular weight is 447 g/mol. The fraction of sp³-hybridized carbons (Fsp3) is 0.222. The topological polar surface area (TPSA) is 146 Å². The lowest BCUT2D eigenvalue weighted by atomic mass is 10.2.